The number of carbonyl (C=O) groups is 1. The van der Waals surface area contributed by atoms with E-state index in [2.05, 4.69) is 33.0 Å². The predicted octanol–water partition coefficient (Wildman–Crippen LogP) is 3.88. The molecule has 1 atom stereocenters. The van der Waals surface area contributed by atoms with Gasteiger partial charge in [0.25, 0.3) is 11.8 Å². The zero-order valence-electron chi connectivity index (χ0n) is 20.7. The fraction of sp³-hybridized carbons (Fsp3) is 0.462. The molecule has 4 heterocycles. The highest BCUT2D eigenvalue weighted by Crippen LogP contribution is 2.29. The molecule has 2 aliphatic rings. The number of anilines is 2. The van der Waals surface area contributed by atoms with E-state index in [0.717, 1.165) is 63.4 Å². The van der Waals surface area contributed by atoms with Gasteiger partial charge in [0.05, 0.1) is 11.4 Å². The first-order valence-corrected chi connectivity index (χ1v) is 12.9. The number of likely N-dealkylation sites (tertiary alicyclic amines) is 1. The molecule has 1 aromatic carbocycles. The normalized spacial score (nSPS) is 19.6. The molecule has 2 N–H and O–H groups in total. The molecule has 1 amide bonds. The van der Waals surface area contributed by atoms with Gasteiger partial charge in [0.15, 0.2) is 0 Å². The van der Waals surface area contributed by atoms with Crippen LogP contribution in [0.1, 0.15) is 42.2 Å². The van der Waals surface area contributed by atoms with E-state index < -0.39 is 0 Å². The van der Waals surface area contributed by atoms with Crippen molar-refractivity contribution >= 4 is 29.2 Å². The van der Waals surface area contributed by atoms with E-state index in [1.54, 1.807) is 12.1 Å². The number of piperidine rings is 1. The number of benzene rings is 1. The standard InChI is InChI=1S/C26H32ClN7O2/c1-3-20-16-33(23-9-8-22(29-17(23)2)24-30-31-26(28)36-24)14-15-34(20)21-10-12-32(13-11-21)25(35)18-4-6-19(27)7-5-18/h4-9,20-21H,3,10-16H2,1-2H3,(H2,28,31)/t20-/m0/s1. The van der Waals surface area contributed by atoms with Gasteiger partial charge in [-0.1, -0.05) is 23.6 Å². The third-order valence-corrected chi connectivity index (χ3v) is 7.62. The minimum Gasteiger partial charge on any atom is -0.402 e. The van der Waals surface area contributed by atoms with Crippen LogP contribution >= 0.6 is 11.6 Å². The second-order valence-electron chi connectivity index (χ2n) is 9.52. The molecule has 0 saturated carbocycles. The SMILES string of the molecule is CC[C@H]1CN(c2ccc(-c3nnc(N)o3)nc2C)CCN1C1CCN(C(=O)c2ccc(Cl)cc2)CC1. The molecule has 10 heteroatoms. The van der Waals surface area contributed by atoms with Gasteiger partial charge in [-0.15, -0.1) is 5.10 Å². The van der Waals surface area contributed by atoms with Gasteiger partial charge in [-0.25, -0.2) is 4.98 Å². The number of aryl methyl sites for hydroxylation is 1. The van der Waals surface area contributed by atoms with E-state index in [1.165, 1.54) is 0 Å². The van der Waals surface area contributed by atoms with Gasteiger partial charge in [-0.3, -0.25) is 9.69 Å². The summed E-state index contributed by atoms with van der Waals surface area (Å²) in [6.07, 6.45) is 3.07. The maximum Gasteiger partial charge on any atom is 0.313 e. The number of amides is 1. The van der Waals surface area contributed by atoms with Gasteiger partial charge >= 0.3 is 6.01 Å². The minimum atomic E-state index is 0.0376. The highest BCUT2D eigenvalue weighted by molar-refractivity contribution is 6.30. The van der Waals surface area contributed by atoms with Crippen LogP contribution in [0.4, 0.5) is 11.7 Å². The summed E-state index contributed by atoms with van der Waals surface area (Å²) in [4.78, 5) is 24.7. The Morgan fingerprint density at radius 2 is 1.83 bits per heavy atom. The third-order valence-electron chi connectivity index (χ3n) is 7.37. The zero-order valence-corrected chi connectivity index (χ0v) is 21.5. The Bertz CT molecular complexity index is 1210. The summed E-state index contributed by atoms with van der Waals surface area (Å²) in [6, 6.07) is 12.2. The molecular formula is C26H32ClN7O2. The average molecular weight is 510 g/mol. The lowest BCUT2D eigenvalue weighted by molar-refractivity contribution is 0.0491. The molecule has 3 aromatic rings. The Labute approximate surface area is 216 Å². The largest absolute Gasteiger partial charge is 0.402 e. The van der Waals surface area contributed by atoms with Gasteiger partial charge in [-0.2, -0.15) is 0 Å². The van der Waals surface area contributed by atoms with Gasteiger partial charge in [0.1, 0.15) is 5.69 Å². The van der Waals surface area contributed by atoms with Crippen molar-refractivity contribution in [1.29, 1.82) is 0 Å². The van der Waals surface area contributed by atoms with Gasteiger partial charge in [0, 0.05) is 55.4 Å². The Balaban J connectivity index is 1.20. The van der Waals surface area contributed by atoms with Crippen molar-refractivity contribution in [3.05, 3.63) is 52.7 Å². The third kappa shape index (κ3) is 5.03. The van der Waals surface area contributed by atoms with E-state index in [4.69, 9.17) is 26.7 Å². The number of nitrogens with zero attached hydrogens (tertiary/aromatic N) is 6. The molecule has 0 radical (unpaired) electrons. The van der Waals surface area contributed by atoms with Crippen LogP contribution in [0.15, 0.2) is 40.8 Å². The molecule has 0 aliphatic carbocycles. The lowest BCUT2D eigenvalue weighted by atomic mass is 9.97. The van der Waals surface area contributed by atoms with Crippen molar-refractivity contribution in [3.8, 4) is 11.6 Å². The van der Waals surface area contributed by atoms with Crippen molar-refractivity contribution < 1.29 is 9.21 Å². The van der Waals surface area contributed by atoms with Crippen LogP contribution in [0, 0.1) is 6.92 Å². The quantitative estimate of drug-likeness (QED) is 0.552. The number of nitrogens with two attached hydrogens (primary N) is 1. The maximum absolute atomic E-state index is 12.9. The molecule has 2 aromatic heterocycles. The van der Waals surface area contributed by atoms with Gasteiger partial charge < -0.3 is 20.0 Å². The first-order chi connectivity index (χ1) is 17.4. The van der Waals surface area contributed by atoms with E-state index in [1.807, 2.05) is 30.0 Å². The molecule has 2 saturated heterocycles. The van der Waals surface area contributed by atoms with E-state index >= 15 is 0 Å². The highest BCUT2D eigenvalue weighted by Gasteiger charge is 2.34. The number of pyridine rings is 1. The Hall–Kier alpha value is -3.17. The van der Waals surface area contributed by atoms with Crippen LogP contribution in [-0.2, 0) is 0 Å². The molecule has 0 spiro atoms. The molecule has 2 fully saturated rings. The molecule has 9 nitrogen and oxygen atoms in total. The lowest BCUT2D eigenvalue weighted by Gasteiger charge is -2.48. The second-order valence-corrected chi connectivity index (χ2v) is 9.96. The number of nitrogen functional groups attached to an aromatic ring is 1. The highest BCUT2D eigenvalue weighted by atomic mass is 35.5. The van der Waals surface area contributed by atoms with Crippen molar-refractivity contribution in [1.82, 2.24) is 25.0 Å². The molecule has 0 unspecified atom stereocenters. The summed E-state index contributed by atoms with van der Waals surface area (Å²) in [7, 11) is 0. The van der Waals surface area contributed by atoms with Crippen molar-refractivity contribution in [2.45, 2.75) is 45.2 Å². The minimum absolute atomic E-state index is 0.0376. The molecule has 5 rings (SSSR count). The summed E-state index contributed by atoms with van der Waals surface area (Å²) in [5.41, 5.74) is 8.95. The topological polar surface area (TPSA) is 105 Å². The molecular weight excluding hydrogens is 478 g/mol. The van der Waals surface area contributed by atoms with E-state index in [9.17, 15) is 4.79 Å². The summed E-state index contributed by atoms with van der Waals surface area (Å²) < 4.78 is 5.32. The first kappa shape index (κ1) is 24.5. The molecule has 36 heavy (non-hydrogen) atoms. The fourth-order valence-electron chi connectivity index (χ4n) is 5.45. The van der Waals surface area contributed by atoms with Crippen LogP contribution in [0.3, 0.4) is 0 Å². The number of piperazine rings is 1. The van der Waals surface area contributed by atoms with Crippen LogP contribution in [-0.4, -0.2) is 75.7 Å². The van der Waals surface area contributed by atoms with E-state index in [-0.39, 0.29) is 11.9 Å². The molecule has 190 valence electrons. The lowest BCUT2D eigenvalue weighted by Crippen LogP contribution is -2.58. The molecule has 2 aliphatic heterocycles. The zero-order chi connectivity index (χ0) is 25.2. The smallest absolute Gasteiger partial charge is 0.313 e. The molecule has 0 bridgehead atoms. The summed E-state index contributed by atoms with van der Waals surface area (Å²) in [5, 5.41) is 8.31. The van der Waals surface area contributed by atoms with Gasteiger partial charge in [0.2, 0.25) is 0 Å². The summed E-state index contributed by atoms with van der Waals surface area (Å²) in [6.45, 7) is 8.73. The fourth-order valence-corrected chi connectivity index (χ4v) is 5.58. The second kappa shape index (κ2) is 10.4. The van der Waals surface area contributed by atoms with Crippen molar-refractivity contribution in [2.24, 2.45) is 0 Å². The number of hydrogen-bond donors (Lipinski definition) is 1. The van der Waals surface area contributed by atoms with Gasteiger partial charge in [-0.05, 0) is 62.6 Å². The van der Waals surface area contributed by atoms with Crippen LogP contribution < -0.4 is 10.6 Å². The number of carbonyl (C=O) groups excluding carboxylic acids is 1. The number of rotatable bonds is 5. The number of aromatic nitrogens is 3. The van der Waals surface area contributed by atoms with Crippen molar-refractivity contribution in [2.75, 3.05) is 43.4 Å². The predicted molar refractivity (Wildman–Crippen MR) is 140 cm³/mol. The monoisotopic (exact) mass is 509 g/mol. The van der Waals surface area contributed by atoms with Crippen molar-refractivity contribution in [3.63, 3.8) is 0 Å². The van der Waals surface area contributed by atoms with E-state index in [0.29, 0.717) is 34.3 Å². The van der Waals surface area contributed by atoms with Crippen LogP contribution in [0.25, 0.3) is 11.6 Å². The summed E-state index contributed by atoms with van der Waals surface area (Å²) >= 11 is 5.98. The number of halogens is 1. The Kier molecular flexibility index (Phi) is 7.11. The summed E-state index contributed by atoms with van der Waals surface area (Å²) in [5.74, 6) is 0.427. The average Bonchev–Trinajstić information content (AvgIpc) is 3.34. The number of hydrogen-bond acceptors (Lipinski definition) is 8. The maximum atomic E-state index is 12.9. The van der Waals surface area contributed by atoms with Crippen LogP contribution in [0.2, 0.25) is 5.02 Å². The first-order valence-electron chi connectivity index (χ1n) is 12.6. The van der Waals surface area contributed by atoms with Crippen LogP contribution in [0.5, 0.6) is 0 Å². The Morgan fingerprint density at radius 1 is 1.08 bits per heavy atom. The Morgan fingerprint density at radius 3 is 2.47 bits per heavy atom.